The third-order valence-electron chi connectivity index (χ3n) is 6.64. The summed E-state index contributed by atoms with van der Waals surface area (Å²) in [6.45, 7) is 3.73. The number of rotatable bonds is 6. The number of piperidine rings is 1. The molecule has 1 aliphatic rings. The summed E-state index contributed by atoms with van der Waals surface area (Å²) in [4.78, 5) is 16.2. The van der Waals surface area contributed by atoms with Crippen molar-refractivity contribution in [3.8, 4) is 11.1 Å². The van der Waals surface area contributed by atoms with Crippen molar-refractivity contribution in [2.24, 2.45) is 15.9 Å². The van der Waals surface area contributed by atoms with Crippen molar-refractivity contribution >= 4 is 23.6 Å². The maximum absolute atomic E-state index is 12.8. The first-order chi connectivity index (χ1) is 17.7. The number of carbonyl (C=O) groups is 1. The monoisotopic (exact) mass is 508 g/mol. The zero-order valence-electron chi connectivity index (χ0n) is 20.2. The highest BCUT2D eigenvalue weighted by atomic mass is 19.4. The molecule has 0 aromatic heterocycles. The number of aliphatic imine (C=N–C) groups is 1. The molecule has 4 N–H and O–H groups in total. The van der Waals surface area contributed by atoms with Crippen molar-refractivity contribution in [3.05, 3.63) is 88.5 Å². The van der Waals surface area contributed by atoms with E-state index in [0.717, 1.165) is 49.2 Å². The van der Waals surface area contributed by atoms with E-state index in [1.165, 1.54) is 30.0 Å². The zero-order valence-corrected chi connectivity index (χ0v) is 20.2. The number of aromatic carboxylic acids is 1. The van der Waals surface area contributed by atoms with Gasteiger partial charge in [0.1, 0.15) is 5.71 Å². The number of halogens is 3. The molecular formula is C28H27F3N4O2. The van der Waals surface area contributed by atoms with E-state index in [0.29, 0.717) is 17.0 Å². The Hall–Kier alpha value is -3.98. The van der Waals surface area contributed by atoms with Gasteiger partial charge in [0.05, 0.1) is 23.0 Å². The van der Waals surface area contributed by atoms with E-state index in [4.69, 9.17) is 5.84 Å². The molecule has 0 bridgehead atoms. The Morgan fingerprint density at radius 3 is 2.27 bits per heavy atom. The molecule has 37 heavy (non-hydrogen) atoms. The number of carboxylic acid groups (broad SMARTS) is 1. The van der Waals surface area contributed by atoms with Crippen LogP contribution in [-0.4, -0.2) is 36.1 Å². The molecule has 0 aliphatic carbocycles. The fourth-order valence-corrected chi connectivity index (χ4v) is 4.53. The van der Waals surface area contributed by atoms with Crippen LogP contribution in [0.15, 0.2) is 70.8 Å². The smallest absolute Gasteiger partial charge is 0.416 e. The molecule has 0 unspecified atom stereocenters. The van der Waals surface area contributed by atoms with Gasteiger partial charge in [-0.25, -0.2) is 4.79 Å². The number of hydrogen-bond donors (Lipinski definition) is 3. The number of carboxylic acids is 1. The van der Waals surface area contributed by atoms with Crippen LogP contribution in [-0.2, 0) is 6.18 Å². The van der Waals surface area contributed by atoms with Gasteiger partial charge >= 0.3 is 12.1 Å². The Morgan fingerprint density at radius 1 is 1.05 bits per heavy atom. The van der Waals surface area contributed by atoms with Gasteiger partial charge in [0.2, 0.25) is 0 Å². The highest BCUT2D eigenvalue weighted by Crippen LogP contribution is 2.32. The van der Waals surface area contributed by atoms with Crippen molar-refractivity contribution < 1.29 is 23.1 Å². The molecule has 3 aromatic rings. The van der Waals surface area contributed by atoms with Crippen LogP contribution in [0.4, 0.5) is 18.9 Å². The van der Waals surface area contributed by atoms with Crippen molar-refractivity contribution in [2.75, 3.05) is 13.1 Å². The summed E-state index contributed by atoms with van der Waals surface area (Å²) in [5.74, 6) is 5.00. The summed E-state index contributed by atoms with van der Waals surface area (Å²) in [5.41, 5.74) is 3.64. The van der Waals surface area contributed by atoms with Crippen LogP contribution in [0.2, 0.25) is 0 Å². The molecule has 0 radical (unpaired) electrons. The van der Waals surface area contributed by atoms with E-state index in [1.807, 2.05) is 12.1 Å². The lowest BCUT2D eigenvalue weighted by atomic mass is 9.88. The van der Waals surface area contributed by atoms with Gasteiger partial charge in [-0.2, -0.15) is 18.3 Å². The fraction of sp³-hybridized carbons (Fsp3) is 0.250. The summed E-state index contributed by atoms with van der Waals surface area (Å²) in [6.07, 6.45) is -0.983. The molecule has 9 heteroatoms. The zero-order chi connectivity index (χ0) is 26.6. The summed E-state index contributed by atoms with van der Waals surface area (Å²) < 4.78 is 38.4. The first kappa shape index (κ1) is 26.1. The minimum absolute atomic E-state index is 0.0963. The number of hydrazone groups is 1. The third kappa shape index (κ3) is 6.06. The van der Waals surface area contributed by atoms with Crippen molar-refractivity contribution in [2.45, 2.75) is 31.9 Å². The van der Waals surface area contributed by atoms with Crippen LogP contribution < -0.4 is 11.2 Å². The number of benzene rings is 3. The standard InChI is InChI=1S/C28H27F3N4O2/c1-17-24(20-4-2-18(3-5-20)19-10-12-33-13-11-19)14-21(15-25(17)27(36)37)26(35-32)16-34-23-8-6-22(7-9-23)28(29,30)31/h2-9,14-16,19,33H,10-13,32H2,1H3,(H,36,37)/b34-16?,35-26+. The van der Waals surface area contributed by atoms with Crippen LogP contribution in [0.25, 0.3) is 11.1 Å². The van der Waals surface area contributed by atoms with Gasteiger partial charge in [-0.1, -0.05) is 24.3 Å². The average molecular weight is 509 g/mol. The molecule has 1 fully saturated rings. The molecule has 192 valence electrons. The fourth-order valence-electron chi connectivity index (χ4n) is 4.53. The van der Waals surface area contributed by atoms with E-state index < -0.39 is 17.7 Å². The third-order valence-corrected chi connectivity index (χ3v) is 6.64. The molecule has 6 nitrogen and oxygen atoms in total. The van der Waals surface area contributed by atoms with Crippen molar-refractivity contribution in [3.63, 3.8) is 0 Å². The van der Waals surface area contributed by atoms with Crippen LogP contribution in [0.5, 0.6) is 0 Å². The van der Waals surface area contributed by atoms with Crippen molar-refractivity contribution in [1.29, 1.82) is 0 Å². The Bertz CT molecular complexity index is 1330. The number of alkyl halides is 3. The Morgan fingerprint density at radius 2 is 1.70 bits per heavy atom. The van der Waals surface area contributed by atoms with Crippen LogP contribution in [0.3, 0.4) is 0 Å². The summed E-state index contributed by atoms with van der Waals surface area (Å²) in [6, 6.07) is 15.8. The minimum atomic E-state index is -4.44. The second kappa shape index (κ2) is 11.0. The van der Waals surface area contributed by atoms with E-state index >= 15 is 0 Å². The second-order valence-electron chi connectivity index (χ2n) is 8.96. The van der Waals surface area contributed by atoms with E-state index in [-0.39, 0.29) is 17.0 Å². The summed E-state index contributed by atoms with van der Waals surface area (Å²) in [7, 11) is 0. The topological polar surface area (TPSA) is 100 Å². The van der Waals surface area contributed by atoms with E-state index in [1.54, 1.807) is 13.0 Å². The van der Waals surface area contributed by atoms with Gasteiger partial charge in [-0.05, 0) is 97.4 Å². The molecular weight excluding hydrogens is 481 g/mol. The lowest BCUT2D eigenvalue weighted by Gasteiger charge is -2.23. The number of nitrogens with two attached hydrogens (primary N) is 1. The molecule has 0 spiro atoms. The molecule has 0 atom stereocenters. The predicted molar refractivity (Wildman–Crippen MR) is 139 cm³/mol. The van der Waals surface area contributed by atoms with Crippen LogP contribution >= 0.6 is 0 Å². The van der Waals surface area contributed by atoms with Crippen LogP contribution in [0, 0.1) is 6.92 Å². The molecule has 1 aliphatic heterocycles. The second-order valence-corrected chi connectivity index (χ2v) is 8.96. The summed E-state index contributed by atoms with van der Waals surface area (Å²) in [5, 5.41) is 17.0. The molecule has 1 heterocycles. The van der Waals surface area contributed by atoms with Crippen LogP contribution in [0.1, 0.15) is 51.4 Å². The van der Waals surface area contributed by atoms with Gasteiger partial charge in [0.15, 0.2) is 0 Å². The lowest BCUT2D eigenvalue weighted by molar-refractivity contribution is -0.137. The molecule has 4 rings (SSSR count). The van der Waals surface area contributed by atoms with Gasteiger partial charge in [-0.15, -0.1) is 0 Å². The van der Waals surface area contributed by atoms with Crippen molar-refractivity contribution in [1.82, 2.24) is 5.32 Å². The van der Waals surface area contributed by atoms with E-state index in [9.17, 15) is 23.1 Å². The highest BCUT2D eigenvalue weighted by molar-refractivity contribution is 6.38. The van der Waals surface area contributed by atoms with Gasteiger partial charge in [0, 0.05) is 5.56 Å². The number of hydrogen-bond acceptors (Lipinski definition) is 5. The normalized spacial score (nSPS) is 15.3. The van der Waals surface area contributed by atoms with E-state index in [2.05, 4.69) is 27.5 Å². The molecule has 0 saturated carbocycles. The minimum Gasteiger partial charge on any atom is -0.478 e. The van der Waals surface area contributed by atoms with Gasteiger partial charge < -0.3 is 16.3 Å². The average Bonchev–Trinajstić information content (AvgIpc) is 2.90. The number of nitrogens with zero attached hydrogens (tertiary/aromatic N) is 2. The first-order valence-electron chi connectivity index (χ1n) is 11.9. The Kier molecular flexibility index (Phi) is 7.73. The molecule has 0 amide bonds. The predicted octanol–water partition coefficient (Wildman–Crippen LogP) is 5.91. The number of nitrogens with one attached hydrogen (secondary N) is 1. The largest absolute Gasteiger partial charge is 0.478 e. The lowest BCUT2D eigenvalue weighted by Crippen LogP contribution is -2.26. The molecule has 1 saturated heterocycles. The van der Waals surface area contributed by atoms with Gasteiger partial charge in [-0.3, -0.25) is 4.99 Å². The Labute approximate surface area is 212 Å². The van der Waals surface area contributed by atoms with Gasteiger partial charge in [0.25, 0.3) is 0 Å². The Balaban J connectivity index is 1.66. The maximum Gasteiger partial charge on any atom is 0.416 e. The molecule has 3 aromatic carbocycles. The summed E-state index contributed by atoms with van der Waals surface area (Å²) >= 11 is 0. The first-order valence-corrected chi connectivity index (χ1v) is 11.9. The quantitative estimate of drug-likeness (QED) is 0.219. The maximum atomic E-state index is 12.8. The SMILES string of the molecule is Cc1c(C(=O)O)cc(/C(C=Nc2ccc(C(F)(F)F)cc2)=N/N)cc1-c1ccc(C2CCNCC2)cc1. The highest BCUT2D eigenvalue weighted by Gasteiger charge is 2.29.